The van der Waals surface area contributed by atoms with E-state index >= 15 is 0 Å². The van der Waals surface area contributed by atoms with Crippen molar-refractivity contribution in [2.45, 2.75) is 0 Å². The number of rotatable bonds is 5. The molecular formula is C44H26N6S. The smallest absolute Gasteiger partial charge is 0.126 e. The number of thiophene rings is 1. The van der Waals surface area contributed by atoms with Crippen molar-refractivity contribution in [1.82, 2.24) is 30.4 Å². The number of pyridine rings is 1. The van der Waals surface area contributed by atoms with Crippen LogP contribution in [0.25, 0.3) is 98.4 Å². The summed E-state index contributed by atoms with van der Waals surface area (Å²) in [5.41, 5.74) is 13.7. The van der Waals surface area contributed by atoms with E-state index in [1.165, 1.54) is 0 Å². The summed E-state index contributed by atoms with van der Waals surface area (Å²) in [5.74, 6) is 0. The average Bonchev–Trinajstić information content (AvgIpc) is 3.57. The van der Waals surface area contributed by atoms with Crippen LogP contribution in [0.2, 0.25) is 0 Å². The van der Waals surface area contributed by atoms with Crippen molar-refractivity contribution in [1.29, 1.82) is 0 Å². The zero-order valence-electron chi connectivity index (χ0n) is 27.1. The first-order valence-electron chi connectivity index (χ1n) is 16.7. The number of nitrogens with zero attached hydrogens (tertiary/aromatic N) is 6. The van der Waals surface area contributed by atoms with Crippen LogP contribution >= 0.6 is 11.3 Å². The molecule has 10 rings (SSSR count). The number of hydrogen-bond donors (Lipinski definition) is 0. The highest BCUT2D eigenvalue weighted by molar-refractivity contribution is 7.25. The molecule has 4 heterocycles. The SMILES string of the molecule is c1ccc(-c2nc3ccccc3nc2-c2cccc(-c3ccc(-c4ccc(-c5nnnc6c5sc5nc7ccccc7cc56)cc4)cc3)c2)cc1. The maximum absolute atomic E-state index is 5.10. The summed E-state index contributed by atoms with van der Waals surface area (Å²) >= 11 is 1.61. The van der Waals surface area contributed by atoms with E-state index in [2.05, 4.69) is 112 Å². The highest BCUT2D eigenvalue weighted by Gasteiger charge is 2.17. The van der Waals surface area contributed by atoms with Gasteiger partial charge in [0.15, 0.2) is 0 Å². The fraction of sp³-hybridized carbons (Fsp3) is 0. The Morgan fingerprint density at radius 1 is 0.373 bits per heavy atom. The van der Waals surface area contributed by atoms with Crippen LogP contribution in [-0.2, 0) is 0 Å². The molecule has 0 saturated carbocycles. The maximum atomic E-state index is 5.10. The molecule has 0 spiro atoms. The average molecular weight is 671 g/mol. The normalized spacial score (nSPS) is 11.5. The van der Waals surface area contributed by atoms with Gasteiger partial charge < -0.3 is 0 Å². The van der Waals surface area contributed by atoms with Crippen molar-refractivity contribution < 1.29 is 0 Å². The maximum Gasteiger partial charge on any atom is 0.126 e. The molecule has 0 radical (unpaired) electrons. The van der Waals surface area contributed by atoms with Gasteiger partial charge in [0.25, 0.3) is 0 Å². The molecule has 10 aromatic rings. The third-order valence-corrected chi connectivity index (χ3v) is 10.4. The van der Waals surface area contributed by atoms with Crippen LogP contribution < -0.4 is 0 Å². The zero-order valence-corrected chi connectivity index (χ0v) is 27.9. The summed E-state index contributed by atoms with van der Waals surface area (Å²) in [6.45, 7) is 0. The Hall–Kier alpha value is -6.70. The summed E-state index contributed by atoms with van der Waals surface area (Å²) < 4.78 is 0.993. The Balaban J connectivity index is 0.962. The van der Waals surface area contributed by atoms with E-state index in [0.29, 0.717) is 0 Å². The predicted molar refractivity (Wildman–Crippen MR) is 208 cm³/mol. The van der Waals surface area contributed by atoms with Crippen LogP contribution in [0.5, 0.6) is 0 Å². The standard InChI is InChI=1S/C44H26N6S/c1-2-9-30(10-3-1)39-40(46-38-16-7-6-15-37(38)45-39)34-13-8-12-32(25-34)29-19-17-27(18-20-29)28-21-23-31(24-22-28)41-43-42(49-50-48-41)35-26-33-11-4-5-14-36(33)47-44(35)51-43/h1-26H. The van der Waals surface area contributed by atoms with Gasteiger partial charge in [-0.25, -0.2) is 15.0 Å². The van der Waals surface area contributed by atoms with Gasteiger partial charge in [-0.05, 0) is 57.8 Å². The van der Waals surface area contributed by atoms with E-state index in [9.17, 15) is 0 Å². The molecule has 4 aromatic heterocycles. The fourth-order valence-corrected chi connectivity index (χ4v) is 7.84. The van der Waals surface area contributed by atoms with Crippen molar-refractivity contribution in [3.8, 4) is 56.0 Å². The molecule has 238 valence electrons. The van der Waals surface area contributed by atoms with Crippen LogP contribution in [-0.4, -0.2) is 30.4 Å². The Morgan fingerprint density at radius 3 is 1.65 bits per heavy atom. The van der Waals surface area contributed by atoms with Crippen molar-refractivity contribution in [2.75, 3.05) is 0 Å². The lowest BCUT2D eigenvalue weighted by molar-refractivity contribution is 0.904. The Morgan fingerprint density at radius 2 is 0.922 bits per heavy atom. The van der Waals surface area contributed by atoms with E-state index in [1.807, 2.05) is 60.7 Å². The van der Waals surface area contributed by atoms with Crippen molar-refractivity contribution in [3.05, 3.63) is 158 Å². The zero-order chi connectivity index (χ0) is 33.7. The minimum Gasteiger partial charge on any atom is -0.244 e. The summed E-state index contributed by atoms with van der Waals surface area (Å²) in [5, 5.41) is 15.1. The van der Waals surface area contributed by atoms with Gasteiger partial charge in [0.1, 0.15) is 16.0 Å². The van der Waals surface area contributed by atoms with Crippen LogP contribution in [0.1, 0.15) is 0 Å². The molecule has 0 saturated heterocycles. The Labute approximate surface area is 296 Å². The molecular weight excluding hydrogens is 645 g/mol. The van der Waals surface area contributed by atoms with E-state index in [0.717, 1.165) is 98.4 Å². The van der Waals surface area contributed by atoms with E-state index < -0.39 is 0 Å². The molecule has 0 unspecified atom stereocenters. The largest absolute Gasteiger partial charge is 0.244 e. The van der Waals surface area contributed by atoms with Gasteiger partial charge in [-0.2, -0.15) is 0 Å². The number of para-hydroxylation sites is 3. The second-order valence-corrected chi connectivity index (χ2v) is 13.5. The minimum atomic E-state index is 0.820. The van der Waals surface area contributed by atoms with Crippen LogP contribution in [0.4, 0.5) is 0 Å². The van der Waals surface area contributed by atoms with Gasteiger partial charge in [0, 0.05) is 27.5 Å². The van der Waals surface area contributed by atoms with Crippen LogP contribution in [0.15, 0.2) is 158 Å². The number of hydrogen-bond acceptors (Lipinski definition) is 7. The summed E-state index contributed by atoms with van der Waals surface area (Å²) in [6, 6.07) is 54.4. The first-order valence-corrected chi connectivity index (χ1v) is 17.5. The lowest BCUT2D eigenvalue weighted by atomic mass is 9.96. The highest BCUT2D eigenvalue weighted by atomic mass is 32.1. The molecule has 0 bridgehead atoms. The van der Waals surface area contributed by atoms with Gasteiger partial charge in [-0.1, -0.05) is 127 Å². The van der Waals surface area contributed by atoms with E-state index in [4.69, 9.17) is 15.0 Å². The topological polar surface area (TPSA) is 77.3 Å². The third kappa shape index (κ3) is 5.19. The molecule has 6 nitrogen and oxygen atoms in total. The quantitative estimate of drug-likeness (QED) is 0.181. The number of benzene rings is 6. The molecule has 0 aliphatic carbocycles. The first-order chi connectivity index (χ1) is 25.2. The van der Waals surface area contributed by atoms with Crippen molar-refractivity contribution in [2.24, 2.45) is 0 Å². The summed E-state index contributed by atoms with van der Waals surface area (Å²) in [4.78, 5) is 16.0. The Kier molecular flexibility index (Phi) is 6.89. The van der Waals surface area contributed by atoms with Crippen molar-refractivity contribution >= 4 is 53.7 Å². The van der Waals surface area contributed by atoms with Gasteiger partial charge in [-0.3, -0.25) is 0 Å². The molecule has 0 N–H and O–H groups in total. The van der Waals surface area contributed by atoms with E-state index in [1.54, 1.807) is 11.3 Å². The summed E-state index contributed by atoms with van der Waals surface area (Å²) in [6.07, 6.45) is 0. The first kappa shape index (κ1) is 29.2. The molecule has 0 fully saturated rings. The van der Waals surface area contributed by atoms with Gasteiger partial charge >= 0.3 is 0 Å². The van der Waals surface area contributed by atoms with Crippen LogP contribution in [0.3, 0.4) is 0 Å². The second-order valence-electron chi connectivity index (χ2n) is 12.5. The second kappa shape index (κ2) is 12.0. The molecule has 0 atom stereocenters. The number of aromatic nitrogens is 6. The highest BCUT2D eigenvalue weighted by Crippen LogP contribution is 2.38. The minimum absolute atomic E-state index is 0.820. The van der Waals surface area contributed by atoms with Gasteiger partial charge in [0.2, 0.25) is 0 Å². The number of fused-ring (bicyclic) bond motifs is 5. The molecule has 6 aromatic carbocycles. The lowest BCUT2D eigenvalue weighted by Gasteiger charge is -2.12. The third-order valence-electron chi connectivity index (χ3n) is 9.33. The van der Waals surface area contributed by atoms with Gasteiger partial charge in [0.05, 0.1) is 32.6 Å². The molecule has 51 heavy (non-hydrogen) atoms. The molecule has 0 amide bonds. The van der Waals surface area contributed by atoms with Gasteiger partial charge in [-0.15, -0.1) is 21.5 Å². The van der Waals surface area contributed by atoms with E-state index in [-0.39, 0.29) is 0 Å². The molecule has 0 aliphatic heterocycles. The Bertz CT molecular complexity index is 2900. The van der Waals surface area contributed by atoms with Crippen molar-refractivity contribution in [3.63, 3.8) is 0 Å². The predicted octanol–water partition coefficient (Wildman–Crippen LogP) is 11.1. The van der Waals surface area contributed by atoms with Crippen LogP contribution in [0, 0.1) is 0 Å². The molecule has 7 heteroatoms. The summed E-state index contributed by atoms with van der Waals surface area (Å²) in [7, 11) is 0. The molecule has 0 aliphatic rings. The monoisotopic (exact) mass is 670 g/mol. The lowest BCUT2D eigenvalue weighted by Crippen LogP contribution is -1.95. The fourth-order valence-electron chi connectivity index (χ4n) is 6.74.